The number of methoxy groups -OCH3 is 1. The largest absolute Gasteiger partial charge is 0.375 e. The summed E-state index contributed by atoms with van der Waals surface area (Å²) < 4.78 is 4.62. The summed E-state index contributed by atoms with van der Waals surface area (Å²) in [6, 6.07) is 2.04. The molecule has 0 aromatic heterocycles. The number of carbonyl (C=O) groups excluding carboxylic acids is 1. The standard InChI is InChI=1S/C8H14N2O2/c1-12-7-8(11)10-6-4-2-3-5-9/h2-4,6-7H2,1H3,(H,10,11). The summed E-state index contributed by atoms with van der Waals surface area (Å²) in [6.07, 6.45) is 2.24. The van der Waals surface area contributed by atoms with Crippen LogP contribution in [0.25, 0.3) is 0 Å². The number of rotatable bonds is 6. The molecule has 0 aromatic rings. The maximum atomic E-state index is 10.8. The highest BCUT2D eigenvalue weighted by Gasteiger charge is 1.96. The number of hydrogen-bond acceptors (Lipinski definition) is 3. The molecular formula is C8H14N2O2. The molecule has 0 atom stereocenters. The molecule has 0 aliphatic heterocycles. The van der Waals surface area contributed by atoms with Gasteiger partial charge in [-0.1, -0.05) is 0 Å². The lowest BCUT2D eigenvalue weighted by atomic mass is 10.2. The summed E-state index contributed by atoms with van der Waals surface area (Å²) in [5, 5.41) is 10.9. The van der Waals surface area contributed by atoms with Gasteiger partial charge in [0.05, 0.1) is 6.07 Å². The third kappa shape index (κ3) is 7.03. The van der Waals surface area contributed by atoms with Crippen LogP contribution in [0.2, 0.25) is 0 Å². The normalized spacial score (nSPS) is 9.00. The maximum Gasteiger partial charge on any atom is 0.245 e. The van der Waals surface area contributed by atoms with Gasteiger partial charge in [0.2, 0.25) is 5.91 Å². The molecule has 4 nitrogen and oxygen atoms in total. The van der Waals surface area contributed by atoms with Gasteiger partial charge in [-0.25, -0.2) is 0 Å². The van der Waals surface area contributed by atoms with Crippen LogP contribution >= 0.6 is 0 Å². The Labute approximate surface area is 72.5 Å². The predicted octanol–water partition coefficient (Wildman–Crippen LogP) is 0.443. The van der Waals surface area contributed by atoms with Gasteiger partial charge in [-0.05, 0) is 12.8 Å². The second-order valence-electron chi connectivity index (χ2n) is 2.40. The summed E-state index contributed by atoms with van der Waals surface area (Å²) in [5.74, 6) is -0.102. The summed E-state index contributed by atoms with van der Waals surface area (Å²) in [7, 11) is 1.48. The molecule has 68 valence electrons. The van der Waals surface area contributed by atoms with Crippen LogP contribution in [0.5, 0.6) is 0 Å². The highest BCUT2D eigenvalue weighted by atomic mass is 16.5. The molecule has 0 heterocycles. The van der Waals surface area contributed by atoms with Crippen molar-refractivity contribution in [3.8, 4) is 6.07 Å². The molecule has 0 aliphatic rings. The fourth-order valence-electron chi connectivity index (χ4n) is 0.739. The zero-order chi connectivity index (χ0) is 9.23. The van der Waals surface area contributed by atoms with Gasteiger partial charge < -0.3 is 10.1 Å². The number of nitrogens with one attached hydrogen (secondary N) is 1. The molecule has 0 radical (unpaired) electrons. The second kappa shape index (κ2) is 8.02. The Hall–Kier alpha value is -1.08. The summed E-state index contributed by atoms with van der Waals surface area (Å²) in [5.41, 5.74) is 0. The molecule has 1 N–H and O–H groups in total. The topological polar surface area (TPSA) is 62.1 Å². The zero-order valence-electron chi connectivity index (χ0n) is 7.30. The molecule has 0 saturated heterocycles. The molecule has 0 aliphatic carbocycles. The first kappa shape index (κ1) is 10.9. The number of unbranched alkanes of at least 4 members (excludes halogenated alkanes) is 2. The predicted molar refractivity (Wildman–Crippen MR) is 44.3 cm³/mol. The van der Waals surface area contributed by atoms with Crippen molar-refractivity contribution in [2.24, 2.45) is 0 Å². The first-order valence-corrected chi connectivity index (χ1v) is 3.94. The number of amides is 1. The van der Waals surface area contributed by atoms with E-state index in [1.165, 1.54) is 7.11 Å². The third-order valence-electron chi connectivity index (χ3n) is 1.31. The van der Waals surface area contributed by atoms with Gasteiger partial charge >= 0.3 is 0 Å². The molecule has 0 bridgehead atoms. The van der Waals surface area contributed by atoms with Crippen LogP contribution in [0, 0.1) is 11.3 Å². The van der Waals surface area contributed by atoms with Crippen LogP contribution in [0.1, 0.15) is 19.3 Å². The van der Waals surface area contributed by atoms with Gasteiger partial charge in [-0.3, -0.25) is 4.79 Å². The summed E-state index contributed by atoms with van der Waals surface area (Å²) in [6.45, 7) is 0.738. The first-order valence-electron chi connectivity index (χ1n) is 3.94. The van der Waals surface area contributed by atoms with Crippen molar-refractivity contribution >= 4 is 5.91 Å². The van der Waals surface area contributed by atoms with E-state index in [2.05, 4.69) is 10.1 Å². The fourth-order valence-corrected chi connectivity index (χ4v) is 0.739. The van der Waals surface area contributed by atoms with E-state index in [1.54, 1.807) is 0 Å². The molecule has 0 fully saturated rings. The van der Waals surface area contributed by atoms with E-state index >= 15 is 0 Å². The summed E-state index contributed by atoms with van der Waals surface area (Å²) in [4.78, 5) is 10.8. The Morgan fingerprint density at radius 2 is 2.33 bits per heavy atom. The van der Waals surface area contributed by atoms with Crippen molar-refractivity contribution < 1.29 is 9.53 Å². The number of nitriles is 1. The SMILES string of the molecule is COCC(=O)NCCCCC#N. The lowest BCUT2D eigenvalue weighted by Crippen LogP contribution is -2.27. The number of ether oxygens (including phenoxy) is 1. The molecule has 0 aromatic carbocycles. The molecule has 0 rings (SSSR count). The molecule has 0 spiro atoms. The van der Waals surface area contributed by atoms with Gasteiger partial charge in [-0.15, -0.1) is 0 Å². The van der Waals surface area contributed by atoms with Gasteiger partial charge in [0, 0.05) is 20.1 Å². The Balaban J connectivity index is 3.09. The van der Waals surface area contributed by atoms with Crippen molar-refractivity contribution in [1.82, 2.24) is 5.32 Å². The highest BCUT2D eigenvalue weighted by Crippen LogP contribution is 1.90. The Morgan fingerprint density at radius 1 is 1.58 bits per heavy atom. The van der Waals surface area contributed by atoms with Crippen LogP contribution < -0.4 is 5.32 Å². The van der Waals surface area contributed by atoms with E-state index in [1.807, 2.05) is 6.07 Å². The van der Waals surface area contributed by atoms with E-state index in [0.717, 1.165) is 12.8 Å². The van der Waals surface area contributed by atoms with Crippen molar-refractivity contribution in [3.63, 3.8) is 0 Å². The minimum Gasteiger partial charge on any atom is -0.375 e. The van der Waals surface area contributed by atoms with Crippen LogP contribution in [-0.4, -0.2) is 26.2 Å². The molecule has 1 amide bonds. The van der Waals surface area contributed by atoms with Crippen molar-refractivity contribution in [2.75, 3.05) is 20.3 Å². The average Bonchev–Trinajstić information content (AvgIpc) is 2.05. The second-order valence-corrected chi connectivity index (χ2v) is 2.40. The third-order valence-corrected chi connectivity index (χ3v) is 1.31. The number of nitrogens with zero attached hydrogens (tertiary/aromatic N) is 1. The van der Waals surface area contributed by atoms with Crippen molar-refractivity contribution in [3.05, 3.63) is 0 Å². The Morgan fingerprint density at radius 3 is 2.92 bits per heavy atom. The van der Waals surface area contributed by atoms with E-state index in [4.69, 9.17) is 5.26 Å². The Bertz CT molecular complexity index is 163. The van der Waals surface area contributed by atoms with Gasteiger partial charge in [0.1, 0.15) is 6.61 Å². The van der Waals surface area contributed by atoms with Crippen molar-refractivity contribution in [1.29, 1.82) is 5.26 Å². The van der Waals surface area contributed by atoms with Gasteiger partial charge in [0.15, 0.2) is 0 Å². The number of carbonyl (C=O) groups is 1. The van der Waals surface area contributed by atoms with Gasteiger partial charge in [-0.2, -0.15) is 5.26 Å². The van der Waals surface area contributed by atoms with E-state index in [9.17, 15) is 4.79 Å². The van der Waals surface area contributed by atoms with Crippen LogP contribution in [-0.2, 0) is 9.53 Å². The molecule has 4 heteroatoms. The lowest BCUT2D eigenvalue weighted by Gasteiger charge is -2.02. The van der Waals surface area contributed by atoms with Gasteiger partial charge in [0.25, 0.3) is 0 Å². The van der Waals surface area contributed by atoms with E-state index < -0.39 is 0 Å². The van der Waals surface area contributed by atoms with Crippen LogP contribution in [0.15, 0.2) is 0 Å². The lowest BCUT2D eigenvalue weighted by molar-refractivity contribution is -0.124. The number of hydrogen-bond donors (Lipinski definition) is 1. The highest BCUT2D eigenvalue weighted by molar-refractivity contribution is 5.77. The van der Waals surface area contributed by atoms with E-state index in [-0.39, 0.29) is 12.5 Å². The monoisotopic (exact) mass is 170 g/mol. The van der Waals surface area contributed by atoms with Crippen molar-refractivity contribution in [2.45, 2.75) is 19.3 Å². The van der Waals surface area contributed by atoms with Crippen LogP contribution in [0.3, 0.4) is 0 Å². The molecule has 0 saturated carbocycles. The molecular weight excluding hydrogens is 156 g/mol. The maximum absolute atomic E-state index is 10.8. The summed E-state index contributed by atoms with van der Waals surface area (Å²) >= 11 is 0. The minimum atomic E-state index is -0.102. The Kier molecular flexibility index (Phi) is 7.30. The average molecular weight is 170 g/mol. The molecule has 0 unspecified atom stereocenters. The fraction of sp³-hybridized carbons (Fsp3) is 0.750. The van der Waals surface area contributed by atoms with Crippen LogP contribution in [0.4, 0.5) is 0 Å². The smallest absolute Gasteiger partial charge is 0.245 e. The molecule has 12 heavy (non-hydrogen) atoms. The quantitative estimate of drug-likeness (QED) is 0.588. The van der Waals surface area contributed by atoms with E-state index in [0.29, 0.717) is 13.0 Å². The first-order chi connectivity index (χ1) is 5.81. The zero-order valence-corrected chi connectivity index (χ0v) is 7.30. The minimum absolute atomic E-state index is 0.102.